The Labute approximate surface area is 114 Å². The zero-order chi connectivity index (χ0) is 13.0. The number of aromatic hydroxyl groups is 1. The lowest BCUT2D eigenvalue weighted by atomic mass is 9.84. The molecule has 1 aromatic rings. The fourth-order valence-corrected chi connectivity index (χ4v) is 2.94. The van der Waals surface area contributed by atoms with E-state index in [1.165, 1.54) is 32.1 Å². The molecule has 0 amide bonds. The molecule has 1 aliphatic rings. The van der Waals surface area contributed by atoms with Crippen molar-refractivity contribution in [1.82, 2.24) is 5.32 Å². The standard InChI is InChI=1S/C15H22ClNO/c1-11(13-5-3-2-4-6-13)17-10-12-7-8-15(18)14(16)9-12/h7-9,11,13,17-18H,2-6,10H2,1H3. The van der Waals surface area contributed by atoms with Crippen LogP contribution in [0.15, 0.2) is 18.2 Å². The molecular formula is C15H22ClNO. The van der Waals surface area contributed by atoms with E-state index < -0.39 is 0 Å². The molecule has 2 N–H and O–H groups in total. The average molecular weight is 268 g/mol. The highest BCUT2D eigenvalue weighted by atomic mass is 35.5. The van der Waals surface area contributed by atoms with Crippen LogP contribution in [0, 0.1) is 5.92 Å². The third-order valence-electron chi connectivity index (χ3n) is 4.00. The SMILES string of the molecule is CC(NCc1ccc(O)c(Cl)c1)C1CCCCC1. The van der Waals surface area contributed by atoms with Crippen molar-refractivity contribution >= 4 is 11.6 Å². The van der Waals surface area contributed by atoms with Crippen LogP contribution in [-0.4, -0.2) is 11.1 Å². The van der Waals surface area contributed by atoms with Crippen LogP contribution in [0.25, 0.3) is 0 Å². The topological polar surface area (TPSA) is 32.3 Å². The van der Waals surface area contributed by atoms with Gasteiger partial charge in [0, 0.05) is 12.6 Å². The molecule has 1 aliphatic carbocycles. The molecule has 1 unspecified atom stereocenters. The molecule has 0 heterocycles. The summed E-state index contributed by atoms with van der Waals surface area (Å²) < 4.78 is 0. The fourth-order valence-electron chi connectivity index (χ4n) is 2.74. The minimum atomic E-state index is 0.153. The van der Waals surface area contributed by atoms with Crippen LogP contribution in [0.5, 0.6) is 5.75 Å². The zero-order valence-electron chi connectivity index (χ0n) is 11.0. The van der Waals surface area contributed by atoms with Crippen molar-refractivity contribution in [2.24, 2.45) is 5.92 Å². The van der Waals surface area contributed by atoms with E-state index in [4.69, 9.17) is 11.6 Å². The van der Waals surface area contributed by atoms with Gasteiger partial charge in [-0.2, -0.15) is 0 Å². The minimum Gasteiger partial charge on any atom is -0.506 e. The molecule has 0 aromatic heterocycles. The van der Waals surface area contributed by atoms with Crippen LogP contribution >= 0.6 is 11.6 Å². The zero-order valence-corrected chi connectivity index (χ0v) is 11.7. The van der Waals surface area contributed by atoms with Crippen molar-refractivity contribution in [2.75, 3.05) is 0 Å². The summed E-state index contributed by atoms with van der Waals surface area (Å²) in [5.74, 6) is 0.965. The second kappa shape index (κ2) is 6.44. The maximum atomic E-state index is 9.37. The van der Waals surface area contributed by atoms with Crippen LogP contribution in [0.4, 0.5) is 0 Å². The van der Waals surface area contributed by atoms with Crippen molar-refractivity contribution in [1.29, 1.82) is 0 Å². The number of phenolic OH excluding ortho intramolecular Hbond substituents is 1. The summed E-state index contributed by atoms with van der Waals surface area (Å²) in [4.78, 5) is 0. The summed E-state index contributed by atoms with van der Waals surface area (Å²) in [6, 6.07) is 5.96. The van der Waals surface area contributed by atoms with Crippen molar-refractivity contribution in [3.8, 4) is 5.75 Å². The molecule has 1 atom stereocenters. The number of rotatable bonds is 4. The summed E-state index contributed by atoms with van der Waals surface area (Å²) in [5.41, 5.74) is 1.13. The lowest BCUT2D eigenvalue weighted by Gasteiger charge is -2.28. The van der Waals surface area contributed by atoms with E-state index in [0.717, 1.165) is 18.0 Å². The second-order valence-corrected chi connectivity index (χ2v) is 5.76. The van der Waals surface area contributed by atoms with Gasteiger partial charge in [-0.3, -0.25) is 0 Å². The highest BCUT2D eigenvalue weighted by Crippen LogP contribution is 2.27. The first-order valence-electron chi connectivity index (χ1n) is 6.87. The summed E-state index contributed by atoms with van der Waals surface area (Å²) in [6.07, 6.45) is 6.86. The Kier molecular flexibility index (Phi) is 4.90. The Morgan fingerprint density at radius 1 is 1.33 bits per heavy atom. The maximum absolute atomic E-state index is 9.37. The lowest BCUT2D eigenvalue weighted by Crippen LogP contribution is -2.34. The highest BCUT2D eigenvalue weighted by molar-refractivity contribution is 6.32. The van der Waals surface area contributed by atoms with E-state index in [9.17, 15) is 5.11 Å². The van der Waals surface area contributed by atoms with Gasteiger partial charge in [0.15, 0.2) is 0 Å². The Morgan fingerprint density at radius 2 is 2.06 bits per heavy atom. The van der Waals surface area contributed by atoms with Crippen molar-refractivity contribution in [2.45, 2.75) is 51.6 Å². The highest BCUT2D eigenvalue weighted by Gasteiger charge is 2.19. The minimum absolute atomic E-state index is 0.153. The van der Waals surface area contributed by atoms with E-state index in [2.05, 4.69) is 12.2 Å². The number of hydrogen-bond acceptors (Lipinski definition) is 2. The van der Waals surface area contributed by atoms with E-state index >= 15 is 0 Å². The van der Waals surface area contributed by atoms with Gasteiger partial charge >= 0.3 is 0 Å². The van der Waals surface area contributed by atoms with Crippen molar-refractivity contribution in [3.63, 3.8) is 0 Å². The monoisotopic (exact) mass is 267 g/mol. The molecule has 0 radical (unpaired) electrons. The Balaban J connectivity index is 1.84. The molecule has 0 spiro atoms. The summed E-state index contributed by atoms with van der Waals surface area (Å²) in [7, 11) is 0. The molecule has 0 aliphatic heterocycles. The average Bonchev–Trinajstić information content (AvgIpc) is 2.41. The predicted octanol–water partition coefficient (Wildman–Crippen LogP) is 4.10. The number of nitrogens with one attached hydrogen (secondary N) is 1. The van der Waals surface area contributed by atoms with Crippen LogP contribution in [0.1, 0.15) is 44.6 Å². The number of halogens is 1. The van der Waals surface area contributed by atoms with Gasteiger partial charge in [-0.05, 0) is 43.4 Å². The van der Waals surface area contributed by atoms with Gasteiger partial charge in [-0.25, -0.2) is 0 Å². The van der Waals surface area contributed by atoms with Gasteiger partial charge in [-0.1, -0.05) is 36.9 Å². The van der Waals surface area contributed by atoms with E-state index in [1.54, 1.807) is 6.07 Å². The summed E-state index contributed by atoms with van der Waals surface area (Å²) in [5, 5.41) is 13.4. The van der Waals surface area contributed by atoms with Gasteiger partial charge in [-0.15, -0.1) is 0 Å². The summed E-state index contributed by atoms with van der Waals surface area (Å²) >= 11 is 5.90. The van der Waals surface area contributed by atoms with Gasteiger partial charge in [0.1, 0.15) is 5.75 Å². The van der Waals surface area contributed by atoms with Gasteiger partial charge < -0.3 is 10.4 Å². The third kappa shape index (κ3) is 3.63. The van der Waals surface area contributed by atoms with E-state index in [1.807, 2.05) is 12.1 Å². The molecule has 1 fully saturated rings. The molecule has 1 aromatic carbocycles. The largest absolute Gasteiger partial charge is 0.506 e. The molecule has 18 heavy (non-hydrogen) atoms. The predicted molar refractivity (Wildman–Crippen MR) is 76.0 cm³/mol. The second-order valence-electron chi connectivity index (χ2n) is 5.35. The van der Waals surface area contributed by atoms with Crippen LogP contribution in [-0.2, 0) is 6.54 Å². The molecule has 1 saturated carbocycles. The Morgan fingerprint density at radius 3 is 2.72 bits per heavy atom. The van der Waals surface area contributed by atoms with E-state index in [-0.39, 0.29) is 5.75 Å². The molecule has 100 valence electrons. The first-order chi connectivity index (χ1) is 8.66. The normalized spacial score (nSPS) is 18.8. The molecule has 0 bridgehead atoms. The van der Waals surface area contributed by atoms with Gasteiger partial charge in [0.05, 0.1) is 5.02 Å². The lowest BCUT2D eigenvalue weighted by molar-refractivity contribution is 0.280. The third-order valence-corrected chi connectivity index (χ3v) is 4.30. The van der Waals surface area contributed by atoms with Crippen molar-refractivity contribution in [3.05, 3.63) is 28.8 Å². The molecule has 3 heteroatoms. The molecule has 0 saturated heterocycles. The molecular weight excluding hydrogens is 246 g/mol. The van der Waals surface area contributed by atoms with E-state index in [0.29, 0.717) is 11.1 Å². The smallest absolute Gasteiger partial charge is 0.134 e. The number of benzene rings is 1. The molecule has 2 rings (SSSR count). The number of phenols is 1. The molecule has 2 nitrogen and oxygen atoms in total. The first kappa shape index (κ1) is 13.7. The quantitative estimate of drug-likeness (QED) is 0.861. The number of hydrogen-bond donors (Lipinski definition) is 2. The fraction of sp³-hybridized carbons (Fsp3) is 0.600. The maximum Gasteiger partial charge on any atom is 0.134 e. The Bertz CT molecular complexity index is 388. The van der Waals surface area contributed by atoms with Crippen molar-refractivity contribution < 1.29 is 5.11 Å². The first-order valence-corrected chi connectivity index (χ1v) is 7.25. The summed E-state index contributed by atoms with van der Waals surface area (Å²) in [6.45, 7) is 3.09. The van der Waals surface area contributed by atoms with Gasteiger partial charge in [0.2, 0.25) is 0 Å². The van der Waals surface area contributed by atoms with Crippen LogP contribution in [0.3, 0.4) is 0 Å². The van der Waals surface area contributed by atoms with Crippen LogP contribution in [0.2, 0.25) is 5.02 Å². The Hall–Kier alpha value is -0.730. The van der Waals surface area contributed by atoms with Crippen LogP contribution < -0.4 is 5.32 Å². The van der Waals surface area contributed by atoms with Gasteiger partial charge in [0.25, 0.3) is 0 Å².